The molecule has 122 valence electrons. The maximum absolute atomic E-state index is 12.2. The molecule has 0 radical (unpaired) electrons. The number of methoxy groups -OCH3 is 1. The van der Waals surface area contributed by atoms with E-state index in [0.717, 1.165) is 27.0 Å². The Morgan fingerprint density at radius 1 is 1.29 bits per heavy atom. The number of benzene rings is 1. The third kappa shape index (κ3) is 2.81. The Morgan fingerprint density at radius 3 is 2.79 bits per heavy atom. The number of thiazole rings is 1. The van der Waals surface area contributed by atoms with Crippen molar-refractivity contribution >= 4 is 40.8 Å². The number of nitrogens with zero attached hydrogens (tertiary/aromatic N) is 1. The standard InChI is InChI=1S/C17H13NO5S/c1-23-15(20)9-18-16(21)14(24-17(18)22)8-12-11-5-3-2-4-10(11)6-7-13(12)19/h2-8,21H,9H2,1H3/b12-8-. The van der Waals surface area contributed by atoms with Crippen molar-refractivity contribution in [3.63, 3.8) is 0 Å². The van der Waals surface area contributed by atoms with Crippen LogP contribution in [0.2, 0.25) is 0 Å². The van der Waals surface area contributed by atoms with Gasteiger partial charge in [0.1, 0.15) is 6.54 Å². The zero-order valence-electron chi connectivity index (χ0n) is 12.7. The average Bonchev–Trinajstić information content (AvgIpc) is 2.84. The first-order valence-electron chi connectivity index (χ1n) is 7.04. The maximum atomic E-state index is 12.2. The predicted octanol–water partition coefficient (Wildman–Crippen LogP) is 1.92. The van der Waals surface area contributed by atoms with Gasteiger partial charge >= 0.3 is 10.8 Å². The van der Waals surface area contributed by atoms with Gasteiger partial charge in [0.05, 0.1) is 12.0 Å². The van der Waals surface area contributed by atoms with E-state index in [1.807, 2.05) is 18.2 Å². The minimum absolute atomic E-state index is 0.214. The van der Waals surface area contributed by atoms with E-state index in [4.69, 9.17) is 0 Å². The second-order valence-electron chi connectivity index (χ2n) is 5.06. The summed E-state index contributed by atoms with van der Waals surface area (Å²) in [6.45, 7) is -0.384. The molecule has 0 amide bonds. The lowest BCUT2D eigenvalue weighted by Crippen LogP contribution is -2.19. The van der Waals surface area contributed by atoms with Gasteiger partial charge < -0.3 is 9.84 Å². The second-order valence-corrected chi connectivity index (χ2v) is 6.05. The lowest BCUT2D eigenvalue weighted by atomic mass is 9.91. The summed E-state index contributed by atoms with van der Waals surface area (Å²) in [5, 5.41) is 10.2. The van der Waals surface area contributed by atoms with E-state index in [1.54, 1.807) is 12.1 Å². The summed E-state index contributed by atoms with van der Waals surface area (Å²) in [5.74, 6) is -1.22. The Hall–Kier alpha value is -2.93. The second kappa shape index (κ2) is 6.29. The van der Waals surface area contributed by atoms with Crippen molar-refractivity contribution in [1.82, 2.24) is 4.57 Å². The van der Waals surface area contributed by atoms with Gasteiger partial charge in [-0.15, -0.1) is 0 Å². The molecule has 0 fully saturated rings. The molecule has 0 bridgehead atoms. The molecule has 0 saturated heterocycles. The van der Waals surface area contributed by atoms with E-state index >= 15 is 0 Å². The molecule has 0 aliphatic heterocycles. The molecule has 0 atom stereocenters. The van der Waals surface area contributed by atoms with Crippen LogP contribution < -0.4 is 4.87 Å². The molecule has 6 nitrogen and oxygen atoms in total. The molecule has 24 heavy (non-hydrogen) atoms. The Labute approximate surface area is 140 Å². The molecule has 3 rings (SSSR count). The van der Waals surface area contributed by atoms with Gasteiger partial charge in [-0.1, -0.05) is 41.7 Å². The Kier molecular flexibility index (Phi) is 4.18. The number of fused-ring (bicyclic) bond motifs is 1. The number of aromatic nitrogens is 1. The van der Waals surface area contributed by atoms with Gasteiger partial charge in [0, 0.05) is 5.57 Å². The van der Waals surface area contributed by atoms with Crippen LogP contribution in [0.4, 0.5) is 0 Å². The van der Waals surface area contributed by atoms with Crippen molar-refractivity contribution in [2.45, 2.75) is 6.54 Å². The number of hydrogen-bond donors (Lipinski definition) is 1. The van der Waals surface area contributed by atoms with Crippen molar-refractivity contribution in [1.29, 1.82) is 0 Å². The van der Waals surface area contributed by atoms with E-state index < -0.39 is 10.8 Å². The largest absolute Gasteiger partial charge is 0.493 e. The number of carbonyl (C=O) groups excluding carboxylic acids is 2. The highest BCUT2D eigenvalue weighted by atomic mass is 32.1. The molecule has 2 aromatic rings. The lowest BCUT2D eigenvalue weighted by Gasteiger charge is -2.12. The molecule has 1 aliphatic rings. The van der Waals surface area contributed by atoms with Crippen LogP contribution in [-0.2, 0) is 20.9 Å². The summed E-state index contributed by atoms with van der Waals surface area (Å²) in [5.41, 5.74) is 1.99. The van der Waals surface area contributed by atoms with Crippen LogP contribution in [0.1, 0.15) is 16.0 Å². The SMILES string of the molecule is COC(=O)Cn1c(O)c(/C=C2\C(=O)C=Cc3ccccc32)sc1=O. The number of ketones is 1. The quantitative estimate of drug-likeness (QED) is 0.680. The van der Waals surface area contributed by atoms with Gasteiger partial charge in [0.2, 0.25) is 5.88 Å². The van der Waals surface area contributed by atoms with E-state index in [-0.39, 0.29) is 23.1 Å². The highest BCUT2D eigenvalue weighted by Crippen LogP contribution is 2.31. The van der Waals surface area contributed by atoms with Crippen LogP contribution in [0.3, 0.4) is 0 Å². The van der Waals surface area contributed by atoms with E-state index in [1.165, 1.54) is 19.3 Å². The Morgan fingerprint density at radius 2 is 2.04 bits per heavy atom. The highest BCUT2D eigenvalue weighted by Gasteiger charge is 2.20. The molecular formula is C17H13NO5S. The predicted molar refractivity (Wildman–Crippen MR) is 90.6 cm³/mol. The molecule has 1 aromatic heterocycles. The van der Waals surface area contributed by atoms with Crippen molar-refractivity contribution in [3.8, 4) is 5.88 Å². The molecule has 0 spiro atoms. The van der Waals surface area contributed by atoms with Crippen molar-refractivity contribution in [2.75, 3.05) is 7.11 Å². The minimum atomic E-state index is -0.647. The fourth-order valence-corrected chi connectivity index (χ4v) is 3.22. The molecular weight excluding hydrogens is 330 g/mol. The molecule has 1 N–H and O–H groups in total. The number of allylic oxidation sites excluding steroid dienone is 2. The van der Waals surface area contributed by atoms with E-state index in [0.29, 0.717) is 5.57 Å². The van der Waals surface area contributed by atoms with E-state index in [2.05, 4.69) is 4.74 Å². The zero-order chi connectivity index (χ0) is 17.3. The summed E-state index contributed by atoms with van der Waals surface area (Å²) >= 11 is 0.761. The van der Waals surface area contributed by atoms with Crippen LogP contribution in [0.5, 0.6) is 5.88 Å². The van der Waals surface area contributed by atoms with Gasteiger partial charge in [0.15, 0.2) is 5.78 Å². The minimum Gasteiger partial charge on any atom is -0.493 e. The third-order valence-corrected chi connectivity index (χ3v) is 4.53. The van der Waals surface area contributed by atoms with Crippen molar-refractivity contribution in [2.24, 2.45) is 0 Å². The molecule has 1 aromatic carbocycles. The molecule has 0 saturated carbocycles. The number of ether oxygens (including phenoxy) is 1. The molecule has 0 unspecified atom stereocenters. The van der Waals surface area contributed by atoms with Crippen LogP contribution in [0.15, 0.2) is 35.1 Å². The van der Waals surface area contributed by atoms with Crippen LogP contribution in [0.25, 0.3) is 17.7 Å². The summed E-state index contributed by atoms with van der Waals surface area (Å²) in [6, 6.07) is 7.34. The average molecular weight is 343 g/mol. The van der Waals surface area contributed by atoms with Crippen LogP contribution in [0, 0.1) is 0 Å². The number of aromatic hydroxyl groups is 1. The van der Waals surface area contributed by atoms with Gasteiger partial charge in [-0.2, -0.15) is 0 Å². The fraction of sp³-hybridized carbons (Fsp3) is 0.118. The van der Waals surface area contributed by atoms with Crippen molar-refractivity contribution in [3.05, 3.63) is 56.0 Å². The summed E-state index contributed by atoms with van der Waals surface area (Å²) < 4.78 is 5.42. The maximum Gasteiger partial charge on any atom is 0.325 e. The number of rotatable bonds is 3. The monoisotopic (exact) mass is 343 g/mol. The Bertz CT molecular complexity index is 948. The summed E-state index contributed by atoms with van der Waals surface area (Å²) in [4.78, 5) is 35.2. The lowest BCUT2D eigenvalue weighted by molar-refractivity contribution is -0.141. The summed E-state index contributed by atoms with van der Waals surface area (Å²) in [7, 11) is 1.20. The van der Waals surface area contributed by atoms with Crippen LogP contribution >= 0.6 is 11.3 Å². The smallest absolute Gasteiger partial charge is 0.325 e. The third-order valence-electron chi connectivity index (χ3n) is 3.61. The first kappa shape index (κ1) is 15.9. The molecule has 1 heterocycles. The van der Waals surface area contributed by atoms with E-state index in [9.17, 15) is 19.5 Å². The zero-order valence-corrected chi connectivity index (χ0v) is 13.5. The topological polar surface area (TPSA) is 85.6 Å². The highest BCUT2D eigenvalue weighted by molar-refractivity contribution is 7.10. The van der Waals surface area contributed by atoms with Gasteiger partial charge in [-0.3, -0.25) is 19.0 Å². The van der Waals surface area contributed by atoms with Gasteiger partial charge in [-0.05, 0) is 23.3 Å². The summed E-state index contributed by atoms with van der Waals surface area (Å²) in [6.07, 6.45) is 4.64. The van der Waals surface area contributed by atoms with Crippen molar-refractivity contribution < 1.29 is 19.4 Å². The normalized spacial score (nSPS) is 14.7. The number of esters is 1. The van der Waals surface area contributed by atoms with Gasteiger partial charge in [-0.25, -0.2) is 0 Å². The Balaban J connectivity index is 2.08. The first-order valence-corrected chi connectivity index (χ1v) is 7.86. The van der Waals surface area contributed by atoms with Crippen LogP contribution in [-0.4, -0.2) is 28.5 Å². The fourth-order valence-electron chi connectivity index (χ4n) is 2.40. The van der Waals surface area contributed by atoms with Gasteiger partial charge in [0.25, 0.3) is 0 Å². The number of hydrogen-bond acceptors (Lipinski definition) is 6. The number of carbonyl (C=O) groups is 2. The molecule has 7 heteroatoms. The first-order chi connectivity index (χ1) is 11.5. The molecule has 1 aliphatic carbocycles.